The molecule has 1 aromatic rings. The van der Waals surface area contributed by atoms with Crippen molar-refractivity contribution in [3.8, 4) is 0 Å². The van der Waals surface area contributed by atoms with E-state index < -0.39 is 53.1 Å². The third-order valence-corrected chi connectivity index (χ3v) is 7.78. The number of benzene rings is 1. The lowest BCUT2D eigenvalue weighted by atomic mass is 9.88. The Labute approximate surface area is 279 Å². The summed E-state index contributed by atoms with van der Waals surface area (Å²) >= 11 is 12.6. The fourth-order valence-electron chi connectivity index (χ4n) is 4.39. The second-order valence-corrected chi connectivity index (χ2v) is 11.5. The van der Waals surface area contributed by atoms with Gasteiger partial charge in [-0.1, -0.05) is 35.3 Å². The number of rotatable bonds is 17. The van der Waals surface area contributed by atoms with Gasteiger partial charge < -0.3 is 36.0 Å². The number of carbonyl (C=O) groups is 1. The van der Waals surface area contributed by atoms with Gasteiger partial charge in [0.25, 0.3) is 0 Å². The molecule has 3 unspecified atom stereocenters. The molecule has 0 spiro atoms. The van der Waals surface area contributed by atoms with Crippen LogP contribution in [0.5, 0.6) is 0 Å². The highest BCUT2D eigenvalue weighted by atomic mass is 35.5. The van der Waals surface area contributed by atoms with E-state index in [9.17, 15) is 31.1 Å². The summed E-state index contributed by atoms with van der Waals surface area (Å²) in [5.41, 5.74) is 4.59. The fourth-order valence-corrected chi connectivity index (χ4v) is 4.78. The molecule has 0 saturated heterocycles. The first-order valence-electron chi connectivity index (χ1n) is 14.8. The van der Waals surface area contributed by atoms with Crippen molar-refractivity contribution in [2.45, 2.75) is 63.6 Å². The van der Waals surface area contributed by atoms with Crippen LogP contribution in [-0.2, 0) is 28.5 Å². The fraction of sp³-hybridized carbons (Fsp3) is 0.586. The van der Waals surface area contributed by atoms with Crippen molar-refractivity contribution in [1.29, 1.82) is 0 Å². The van der Waals surface area contributed by atoms with Crippen LogP contribution in [0.1, 0.15) is 49.8 Å². The first-order valence-corrected chi connectivity index (χ1v) is 15.6. The van der Waals surface area contributed by atoms with Gasteiger partial charge in [0.1, 0.15) is 19.4 Å². The van der Waals surface area contributed by atoms with Crippen molar-refractivity contribution in [1.82, 2.24) is 21.0 Å². The predicted molar refractivity (Wildman–Crippen MR) is 166 cm³/mol. The number of alkyl halides is 7. The van der Waals surface area contributed by atoms with Gasteiger partial charge in [0, 0.05) is 31.2 Å². The Morgan fingerprint density at radius 3 is 2.32 bits per heavy atom. The minimum Gasteiger partial charge on any atom is -0.473 e. The van der Waals surface area contributed by atoms with Crippen molar-refractivity contribution in [2.24, 2.45) is 16.8 Å². The second-order valence-electron chi connectivity index (χ2n) is 10.5. The number of halogens is 8. The van der Waals surface area contributed by atoms with E-state index in [1.165, 1.54) is 0 Å². The third-order valence-electron chi connectivity index (χ3n) is 6.89. The summed E-state index contributed by atoms with van der Waals surface area (Å²) in [5.74, 6) is -0.912. The number of nitrogens with one attached hydrogen (secondary N) is 3. The number of amides is 2. The van der Waals surface area contributed by atoms with E-state index in [2.05, 4.69) is 15.8 Å². The molecule has 0 aliphatic heterocycles. The lowest BCUT2D eigenvalue weighted by Crippen LogP contribution is -2.43. The standard InChI is InChI=1S/C29H40Cl2F6N6O4/c1-3-8-40-27(44)43(4-2)11-10-39-9-7-22(19-5-6-23(30)24(31)14-19)26(42-47-17-25(38)41-45)46-16-18-12-20(28(32,33)34)15-21(13-18)29(35,36)37/h5-6,12-13,15,22,24-25,39,41,45H,3-4,7-11,14,16-17,38H2,1-2H3,(H,40,44)/b42-26-. The molecule has 10 nitrogen and oxygen atoms in total. The van der Waals surface area contributed by atoms with Crippen LogP contribution in [0.25, 0.3) is 0 Å². The molecule has 1 aliphatic rings. The van der Waals surface area contributed by atoms with E-state index in [0.717, 1.165) is 6.42 Å². The molecule has 1 aromatic carbocycles. The van der Waals surface area contributed by atoms with Gasteiger partial charge in [-0.25, -0.2) is 4.79 Å². The number of nitrogens with zero attached hydrogens (tertiary/aromatic N) is 2. The highest BCUT2D eigenvalue weighted by molar-refractivity contribution is 6.37. The van der Waals surface area contributed by atoms with Crippen molar-refractivity contribution in [2.75, 3.05) is 39.3 Å². The summed E-state index contributed by atoms with van der Waals surface area (Å²) in [5, 5.41) is 18.8. The molecule has 0 radical (unpaired) electrons. The Hall–Kier alpha value is -2.76. The molecule has 2 amide bonds. The van der Waals surface area contributed by atoms with Gasteiger partial charge >= 0.3 is 18.4 Å². The zero-order valence-electron chi connectivity index (χ0n) is 25.9. The van der Waals surface area contributed by atoms with Crippen LogP contribution >= 0.6 is 23.2 Å². The SMILES string of the molecule is CCCNC(=O)N(CC)CCNCCC(C1=CC=C(Cl)C(Cl)C1)/C(=N/OCC(N)NO)OCc1cc(C(F)(F)F)cc(C(F)(F)F)c1. The lowest BCUT2D eigenvalue weighted by Gasteiger charge is -2.26. The first kappa shape index (κ1) is 40.4. The molecule has 0 saturated carbocycles. The molecule has 2 rings (SSSR count). The zero-order chi connectivity index (χ0) is 35.2. The number of urea groups is 1. The number of carbonyl (C=O) groups excluding carboxylic acids is 1. The Bertz CT molecular complexity index is 1220. The van der Waals surface area contributed by atoms with Gasteiger partial charge in [-0.3, -0.25) is 0 Å². The van der Waals surface area contributed by atoms with E-state index in [-0.39, 0.29) is 37.4 Å². The van der Waals surface area contributed by atoms with E-state index in [4.69, 9.17) is 43.7 Å². The van der Waals surface area contributed by atoms with E-state index in [1.54, 1.807) is 22.5 Å². The number of hydrogen-bond acceptors (Lipinski definition) is 8. The number of hydroxylamine groups is 1. The van der Waals surface area contributed by atoms with Crippen molar-refractivity contribution < 1.29 is 45.9 Å². The number of nitrogens with two attached hydrogens (primary N) is 1. The summed E-state index contributed by atoms with van der Waals surface area (Å²) in [6.45, 7) is 4.84. The van der Waals surface area contributed by atoms with Gasteiger partial charge in [0.15, 0.2) is 0 Å². The number of ether oxygens (including phenoxy) is 1. The van der Waals surface area contributed by atoms with E-state index in [0.29, 0.717) is 55.5 Å². The average molecular weight is 722 g/mol. The molecule has 0 bridgehead atoms. The smallest absolute Gasteiger partial charge is 0.416 e. The third kappa shape index (κ3) is 13.7. The lowest BCUT2D eigenvalue weighted by molar-refractivity contribution is -0.143. The number of likely N-dealkylation sites (N-methyl/N-ethyl adjacent to an activating group) is 1. The Morgan fingerprint density at radius 2 is 1.77 bits per heavy atom. The Balaban J connectivity index is 2.35. The summed E-state index contributed by atoms with van der Waals surface area (Å²) < 4.78 is 86.6. The summed E-state index contributed by atoms with van der Waals surface area (Å²) in [6, 6.07) is 0.944. The van der Waals surface area contributed by atoms with Crippen LogP contribution in [0.4, 0.5) is 31.1 Å². The summed E-state index contributed by atoms with van der Waals surface area (Å²) in [7, 11) is 0. The molecule has 0 fully saturated rings. The number of allylic oxidation sites excluding steroid dienone is 3. The molecule has 47 heavy (non-hydrogen) atoms. The highest BCUT2D eigenvalue weighted by Gasteiger charge is 2.37. The van der Waals surface area contributed by atoms with Gasteiger partial charge in [0.2, 0.25) is 5.90 Å². The monoisotopic (exact) mass is 720 g/mol. The summed E-state index contributed by atoms with van der Waals surface area (Å²) in [6.07, 6.45) is -6.64. The van der Waals surface area contributed by atoms with Gasteiger partial charge in [-0.05, 0) is 62.6 Å². The second kappa shape index (κ2) is 19.3. The molecule has 1 aliphatic carbocycles. The van der Waals surface area contributed by atoms with Crippen molar-refractivity contribution in [3.05, 3.63) is 57.6 Å². The average Bonchev–Trinajstić information content (AvgIpc) is 3.01. The van der Waals surface area contributed by atoms with Crippen LogP contribution in [0.2, 0.25) is 0 Å². The predicted octanol–water partition coefficient (Wildman–Crippen LogP) is 5.93. The maximum absolute atomic E-state index is 13.5. The van der Waals surface area contributed by atoms with Crippen LogP contribution < -0.4 is 21.8 Å². The first-order chi connectivity index (χ1) is 22.1. The number of hydrogen-bond donors (Lipinski definition) is 5. The van der Waals surface area contributed by atoms with Crippen LogP contribution in [0.15, 0.2) is 46.1 Å². The largest absolute Gasteiger partial charge is 0.473 e. The number of oxime groups is 1. The molecule has 18 heteroatoms. The Morgan fingerprint density at radius 1 is 1.11 bits per heavy atom. The highest BCUT2D eigenvalue weighted by Crippen LogP contribution is 2.37. The molecule has 0 heterocycles. The molecular weight excluding hydrogens is 681 g/mol. The van der Waals surface area contributed by atoms with Crippen molar-refractivity contribution >= 4 is 35.1 Å². The maximum Gasteiger partial charge on any atom is 0.416 e. The Kier molecular flexibility index (Phi) is 16.6. The normalized spacial score (nSPS) is 17.0. The van der Waals surface area contributed by atoms with E-state index >= 15 is 0 Å². The van der Waals surface area contributed by atoms with E-state index in [1.807, 2.05) is 13.8 Å². The maximum atomic E-state index is 13.5. The molecule has 266 valence electrons. The van der Waals surface area contributed by atoms with Gasteiger partial charge in [0.05, 0.1) is 22.4 Å². The van der Waals surface area contributed by atoms with Crippen molar-refractivity contribution in [3.63, 3.8) is 0 Å². The topological polar surface area (TPSA) is 133 Å². The quantitative estimate of drug-likeness (QED) is 0.0256. The molecule has 6 N–H and O–H groups in total. The molecule has 0 aromatic heterocycles. The minimum atomic E-state index is -5.05. The molecule has 3 atom stereocenters. The van der Waals surface area contributed by atoms with Gasteiger partial charge in [-0.15, -0.1) is 11.6 Å². The minimum absolute atomic E-state index is 0.0238. The van der Waals surface area contributed by atoms with Crippen LogP contribution in [-0.4, -0.2) is 72.9 Å². The van der Waals surface area contributed by atoms with Gasteiger partial charge in [-0.2, -0.15) is 31.8 Å². The van der Waals surface area contributed by atoms with Crippen LogP contribution in [0.3, 0.4) is 0 Å². The zero-order valence-corrected chi connectivity index (χ0v) is 27.4. The summed E-state index contributed by atoms with van der Waals surface area (Å²) in [4.78, 5) is 19.2. The van der Waals surface area contributed by atoms with Crippen LogP contribution in [0, 0.1) is 5.92 Å². The molecular formula is C29H40Cl2F6N6O4.